The van der Waals surface area contributed by atoms with E-state index in [0.717, 1.165) is 30.5 Å². The Morgan fingerprint density at radius 2 is 1.68 bits per heavy atom. The van der Waals surface area contributed by atoms with Crippen LogP contribution in [-0.2, 0) is 6.18 Å². The van der Waals surface area contributed by atoms with E-state index in [9.17, 15) is 13.2 Å². The van der Waals surface area contributed by atoms with Crippen molar-refractivity contribution < 1.29 is 13.2 Å². The molecule has 1 aliphatic carbocycles. The third-order valence-electron chi connectivity index (χ3n) is 5.20. The number of aromatic nitrogens is 3. The molecule has 1 fully saturated rings. The third-order valence-corrected chi connectivity index (χ3v) is 5.86. The monoisotopic (exact) mass is 491 g/mol. The highest BCUT2D eigenvalue weighted by Crippen LogP contribution is 2.35. The molecule has 2 heterocycles. The Bertz CT molecular complexity index is 1040. The summed E-state index contributed by atoms with van der Waals surface area (Å²) < 4.78 is 39.2. The number of hydrogen-bond donors (Lipinski definition) is 2. The molecule has 3 aromatic rings. The lowest BCUT2D eigenvalue weighted by atomic mass is 9.96. The molecule has 31 heavy (non-hydrogen) atoms. The van der Waals surface area contributed by atoms with Crippen LogP contribution in [0, 0.1) is 0 Å². The van der Waals surface area contributed by atoms with Crippen molar-refractivity contribution in [1.29, 1.82) is 0 Å². The molecule has 0 radical (unpaired) electrons. The van der Waals surface area contributed by atoms with Crippen LogP contribution in [0.2, 0.25) is 0 Å². The van der Waals surface area contributed by atoms with E-state index < -0.39 is 11.7 Å². The van der Waals surface area contributed by atoms with Crippen LogP contribution >= 0.6 is 15.9 Å². The molecule has 0 bridgehead atoms. The highest BCUT2D eigenvalue weighted by atomic mass is 79.9. The quantitative estimate of drug-likeness (QED) is 0.410. The lowest BCUT2D eigenvalue weighted by Crippen LogP contribution is -2.23. The van der Waals surface area contributed by atoms with E-state index in [4.69, 9.17) is 0 Å². The smallest absolute Gasteiger partial charge is 0.351 e. The first-order chi connectivity index (χ1) is 14.9. The largest absolute Gasteiger partial charge is 0.416 e. The average molecular weight is 492 g/mol. The van der Waals surface area contributed by atoms with Crippen LogP contribution in [0.5, 0.6) is 0 Å². The van der Waals surface area contributed by atoms with Gasteiger partial charge in [-0.1, -0.05) is 19.3 Å². The van der Waals surface area contributed by atoms with Crippen molar-refractivity contribution in [2.45, 2.75) is 44.3 Å². The minimum absolute atomic E-state index is 0.299. The summed E-state index contributed by atoms with van der Waals surface area (Å²) in [5.74, 6) is 0.979. The molecule has 1 aliphatic rings. The van der Waals surface area contributed by atoms with Crippen LogP contribution in [0.1, 0.15) is 37.7 Å². The van der Waals surface area contributed by atoms with Crippen molar-refractivity contribution >= 4 is 33.4 Å². The van der Waals surface area contributed by atoms with E-state index in [2.05, 4.69) is 41.5 Å². The number of benzene rings is 1. The second-order valence-corrected chi connectivity index (χ2v) is 8.35. The second-order valence-electron chi connectivity index (χ2n) is 7.49. The maximum Gasteiger partial charge on any atom is 0.416 e. The number of pyridine rings is 1. The number of alkyl halides is 3. The van der Waals surface area contributed by atoms with Gasteiger partial charge in [-0.2, -0.15) is 18.2 Å². The summed E-state index contributed by atoms with van der Waals surface area (Å²) in [7, 11) is 0. The Labute approximate surface area is 186 Å². The first-order valence-electron chi connectivity index (χ1n) is 10.1. The lowest BCUT2D eigenvalue weighted by Gasteiger charge is -2.23. The summed E-state index contributed by atoms with van der Waals surface area (Å²) in [4.78, 5) is 13.3. The molecule has 0 amide bonds. The molecule has 1 aromatic carbocycles. The van der Waals surface area contributed by atoms with E-state index in [1.807, 2.05) is 12.1 Å². The first kappa shape index (κ1) is 21.5. The van der Waals surface area contributed by atoms with E-state index >= 15 is 0 Å². The molecule has 1 saturated carbocycles. The van der Waals surface area contributed by atoms with Gasteiger partial charge in [0.25, 0.3) is 0 Å². The van der Waals surface area contributed by atoms with Gasteiger partial charge < -0.3 is 10.6 Å². The Morgan fingerprint density at radius 3 is 2.35 bits per heavy atom. The number of anilines is 3. The lowest BCUT2D eigenvalue weighted by molar-refractivity contribution is -0.137. The molecule has 0 aliphatic heterocycles. The van der Waals surface area contributed by atoms with Crippen molar-refractivity contribution in [2.24, 2.45) is 0 Å². The van der Waals surface area contributed by atoms with Gasteiger partial charge in [0.15, 0.2) is 0 Å². The standard InChI is InChI=1S/C22H21BrF3N5/c23-17-12-15(22(24,25)26)6-7-18(17)29-20-13-19(14-8-10-27-11-9-14)30-21(31-20)28-16-4-2-1-3-5-16/h6-13,16H,1-5H2,(H2,28,29,30,31). The van der Waals surface area contributed by atoms with Gasteiger partial charge in [-0.05, 0) is 59.1 Å². The topological polar surface area (TPSA) is 62.7 Å². The molecular formula is C22H21BrF3N5. The van der Waals surface area contributed by atoms with Crippen LogP contribution in [0.4, 0.5) is 30.6 Å². The first-order valence-corrected chi connectivity index (χ1v) is 10.9. The number of nitrogens with zero attached hydrogens (tertiary/aromatic N) is 3. The van der Waals surface area contributed by atoms with E-state index in [1.54, 1.807) is 18.5 Å². The fourth-order valence-electron chi connectivity index (χ4n) is 3.61. The molecule has 2 aromatic heterocycles. The minimum Gasteiger partial charge on any atom is -0.351 e. The maximum absolute atomic E-state index is 13.0. The Kier molecular flexibility index (Phi) is 6.41. The number of nitrogens with one attached hydrogen (secondary N) is 2. The zero-order chi connectivity index (χ0) is 21.8. The minimum atomic E-state index is -4.40. The van der Waals surface area contributed by atoms with Crippen molar-refractivity contribution in [3.63, 3.8) is 0 Å². The zero-order valence-electron chi connectivity index (χ0n) is 16.6. The Balaban J connectivity index is 1.65. The molecule has 0 saturated heterocycles. The molecule has 162 valence electrons. The van der Waals surface area contributed by atoms with E-state index in [1.165, 1.54) is 25.3 Å². The normalized spacial score (nSPS) is 15.0. The molecule has 0 unspecified atom stereocenters. The molecule has 2 N–H and O–H groups in total. The van der Waals surface area contributed by atoms with E-state index in [-0.39, 0.29) is 0 Å². The van der Waals surface area contributed by atoms with E-state index in [0.29, 0.717) is 33.7 Å². The molecule has 9 heteroatoms. The summed E-state index contributed by atoms with van der Waals surface area (Å²) in [6.45, 7) is 0. The van der Waals surface area contributed by atoms with Crippen LogP contribution in [0.15, 0.2) is 53.3 Å². The summed E-state index contributed by atoms with van der Waals surface area (Å²) in [6, 6.07) is 9.26. The number of hydrogen-bond acceptors (Lipinski definition) is 5. The van der Waals surface area contributed by atoms with Crippen molar-refractivity contribution in [3.05, 3.63) is 58.8 Å². The van der Waals surface area contributed by atoms with Gasteiger partial charge in [0, 0.05) is 34.5 Å². The highest BCUT2D eigenvalue weighted by Gasteiger charge is 2.30. The molecule has 0 spiro atoms. The average Bonchev–Trinajstić information content (AvgIpc) is 2.76. The molecule has 5 nitrogen and oxygen atoms in total. The van der Waals surface area contributed by atoms with Crippen molar-refractivity contribution in [2.75, 3.05) is 10.6 Å². The SMILES string of the molecule is FC(F)(F)c1ccc(Nc2cc(-c3ccncc3)nc(NC3CCCCC3)n2)c(Br)c1. The maximum atomic E-state index is 13.0. The second kappa shape index (κ2) is 9.21. The van der Waals surface area contributed by atoms with Crippen molar-refractivity contribution in [3.8, 4) is 11.3 Å². The van der Waals surface area contributed by atoms with Gasteiger partial charge in [-0.15, -0.1) is 0 Å². The number of rotatable bonds is 5. The van der Waals surface area contributed by atoms with Gasteiger partial charge >= 0.3 is 6.18 Å². The predicted octanol–water partition coefficient (Wildman–Crippen LogP) is 6.81. The summed E-state index contributed by atoms with van der Waals surface area (Å²) in [6.07, 6.45) is 4.69. The zero-order valence-corrected chi connectivity index (χ0v) is 18.2. The molecule has 4 rings (SSSR count). The van der Waals surface area contributed by atoms with Gasteiger partial charge in [0.05, 0.1) is 16.9 Å². The number of halogens is 4. The van der Waals surface area contributed by atoms with Gasteiger partial charge in [-0.3, -0.25) is 4.98 Å². The predicted molar refractivity (Wildman–Crippen MR) is 118 cm³/mol. The van der Waals surface area contributed by atoms with Gasteiger partial charge in [0.2, 0.25) is 5.95 Å². The summed E-state index contributed by atoms with van der Waals surface area (Å²) in [5.41, 5.74) is 1.33. The molecular weight excluding hydrogens is 471 g/mol. The fourth-order valence-corrected chi connectivity index (χ4v) is 4.08. The Hall–Kier alpha value is -2.68. The fraction of sp³-hybridized carbons (Fsp3) is 0.318. The van der Waals surface area contributed by atoms with Crippen LogP contribution in [0.3, 0.4) is 0 Å². The summed E-state index contributed by atoms with van der Waals surface area (Å²) >= 11 is 3.23. The van der Waals surface area contributed by atoms with Crippen LogP contribution < -0.4 is 10.6 Å². The van der Waals surface area contributed by atoms with Gasteiger partial charge in [-0.25, -0.2) is 4.98 Å². The highest BCUT2D eigenvalue weighted by molar-refractivity contribution is 9.10. The van der Waals surface area contributed by atoms with Gasteiger partial charge in [0.1, 0.15) is 5.82 Å². The Morgan fingerprint density at radius 1 is 0.935 bits per heavy atom. The molecule has 0 atom stereocenters. The van der Waals surface area contributed by atoms with Crippen molar-refractivity contribution in [1.82, 2.24) is 15.0 Å². The van der Waals surface area contributed by atoms with Crippen LogP contribution in [-0.4, -0.2) is 21.0 Å². The summed E-state index contributed by atoms with van der Waals surface area (Å²) in [5, 5.41) is 6.54. The third kappa shape index (κ3) is 5.52. The van der Waals surface area contributed by atoms with Crippen LogP contribution in [0.25, 0.3) is 11.3 Å².